The Morgan fingerprint density at radius 2 is 1.93 bits per heavy atom. The summed E-state index contributed by atoms with van der Waals surface area (Å²) in [7, 11) is 1.45. The highest BCUT2D eigenvalue weighted by molar-refractivity contribution is 5.99. The fourth-order valence-corrected chi connectivity index (χ4v) is 2.88. The summed E-state index contributed by atoms with van der Waals surface area (Å²) in [5.74, 6) is -0.811. The number of nitrogens with zero attached hydrogens (tertiary/aromatic N) is 1. The number of aliphatic hydroxyl groups is 1. The molecule has 7 heteroatoms. The second kappa shape index (κ2) is 8.18. The Morgan fingerprint density at radius 3 is 2.59 bits per heavy atom. The molecule has 0 radical (unpaired) electrons. The molecular formula is C20H23N3O4. The SMILES string of the molecule is CNC(=O)c1cc(C(=O)NC2CC2)cn(Cc2cccc(CCO)c2)c1=O. The summed E-state index contributed by atoms with van der Waals surface area (Å²) in [6.45, 7) is 0.272. The number of amides is 2. The van der Waals surface area contributed by atoms with Crippen LogP contribution < -0.4 is 16.2 Å². The Labute approximate surface area is 157 Å². The quantitative estimate of drug-likeness (QED) is 0.668. The summed E-state index contributed by atoms with van der Waals surface area (Å²) in [6.07, 6.45) is 3.91. The molecule has 0 unspecified atom stereocenters. The molecule has 0 spiro atoms. The Kier molecular flexibility index (Phi) is 5.71. The summed E-state index contributed by atoms with van der Waals surface area (Å²) in [6, 6.07) is 9.05. The Hall–Kier alpha value is -2.93. The summed E-state index contributed by atoms with van der Waals surface area (Å²) in [4.78, 5) is 37.3. The van der Waals surface area contributed by atoms with Crippen molar-refractivity contribution in [3.63, 3.8) is 0 Å². The van der Waals surface area contributed by atoms with Gasteiger partial charge in [0, 0.05) is 25.9 Å². The summed E-state index contributed by atoms with van der Waals surface area (Å²) in [5.41, 5.74) is 1.58. The first-order valence-corrected chi connectivity index (χ1v) is 8.98. The molecule has 2 aromatic rings. The van der Waals surface area contributed by atoms with Crippen LogP contribution >= 0.6 is 0 Å². The minimum absolute atomic E-state index is 0.0427. The molecule has 1 heterocycles. The van der Waals surface area contributed by atoms with E-state index in [9.17, 15) is 14.4 Å². The Balaban J connectivity index is 1.96. The van der Waals surface area contributed by atoms with Gasteiger partial charge in [-0.2, -0.15) is 0 Å². The third-order valence-corrected chi connectivity index (χ3v) is 4.48. The minimum atomic E-state index is -0.524. The van der Waals surface area contributed by atoms with Crippen LogP contribution in [0.2, 0.25) is 0 Å². The van der Waals surface area contributed by atoms with Crippen LogP contribution in [0.4, 0.5) is 0 Å². The van der Waals surface area contributed by atoms with Crippen molar-refractivity contribution in [2.75, 3.05) is 13.7 Å². The molecule has 27 heavy (non-hydrogen) atoms. The van der Waals surface area contributed by atoms with Gasteiger partial charge in [-0.1, -0.05) is 24.3 Å². The lowest BCUT2D eigenvalue weighted by atomic mass is 10.1. The van der Waals surface area contributed by atoms with Crippen LogP contribution in [0.3, 0.4) is 0 Å². The third-order valence-electron chi connectivity index (χ3n) is 4.48. The fraction of sp³-hybridized carbons (Fsp3) is 0.350. The third kappa shape index (κ3) is 4.62. The molecule has 2 amide bonds. The second-order valence-corrected chi connectivity index (χ2v) is 6.70. The smallest absolute Gasteiger partial charge is 0.263 e. The van der Waals surface area contributed by atoms with Crippen molar-refractivity contribution in [2.45, 2.75) is 31.8 Å². The molecule has 0 saturated heterocycles. The van der Waals surface area contributed by atoms with Gasteiger partial charge in [-0.15, -0.1) is 0 Å². The van der Waals surface area contributed by atoms with Crippen molar-refractivity contribution in [3.8, 4) is 0 Å². The van der Waals surface area contributed by atoms with Crippen molar-refractivity contribution in [2.24, 2.45) is 0 Å². The zero-order valence-corrected chi connectivity index (χ0v) is 15.2. The molecule has 1 aromatic heterocycles. The van der Waals surface area contributed by atoms with E-state index in [1.54, 1.807) is 0 Å². The summed E-state index contributed by atoms with van der Waals surface area (Å²) < 4.78 is 1.38. The highest BCUT2D eigenvalue weighted by atomic mass is 16.3. The first-order valence-electron chi connectivity index (χ1n) is 8.98. The van der Waals surface area contributed by atoms with Crippen LogP contribution in [0.15, 0.2) is 41.3 Å². The number of rotatable bonds is 7. The van der Waals surface area contributed by atoms with E-state index in [2.05, 4.69) is 10.6 Å². The van der Waals surface area contributed by atoms with Gasteiger partial charge in [0.2, 0.25) is 0 Å². The van der Waals surface area contributed by atoms with Crippen LogP contribution in [0.1, 0.15) is 44.7 Å². The number of carbonyl (C=O) groups excluding carboxylic acids is 2. The first kappa shape index (κ1) is 18.8. The molecule has 0 atom stereocenters. The highest BCUT2D eigenvalue weighted by Gasteiger charge is 2.25. The van der Waals surface area contributed by atoms with Crippen molar-refractivity contribution in [1.82, 2.24) is 15.2 Å². The second-order valence-electron chi connectivity index (χ2n) is 6.70. The number of hydrogen-bond acceptors (Lipinski definition) is 4. The molecule has 0 aliphatic heterocycles. The minimum Gasteiger partial charge on any atom is -0.396 e. The lowest BCUT2D eigenvalue weighted by molar-refractivity contribution is 0.0950. The van der Waals surface area contributed by atoms with E-state index in [4.69, 9.17) is 5.11 Å². The van der Waals surface area contributed by atoms with Gasteiger partial charge in [-0.05, 0) is 36.5 Å². The van der Waals surface area contributed by atoms with E-state index < -0.39 is 11.5 Å². The molecule has 1 aliphatic rings. The van der Waals surface area contributed by atoms with Crippen molar-refractivity contribution < 1.29 is 14.7 Å². The van der Waals surface area contributed by atoms with Crippen LogP contribution in [-0.2, 0) is 13.0 Å². The molecule has 1 aliphatic carbocycles. The summed E-state index contributed by atoms with van der Waals surface area (Å²) >= 11 is 0. The van der Waals surface area contributed by atoms with Crippen LogP contribution in [0, 0.1) is 0 Å². The molecule has 3 N–H and O–H groups in total. The monoisotopic (exact) mass is 369 g/mol. The predicted molar refractivity (Wildman–Crippen MR) is 101 cm³/mol. The van der Waals surface area contributed by atoms with Gasteiger partial charge in [-0.25, -0.2) is 0 Å². The largest absolute Gasteiger partial charge is 0.396 e. The van der Waals surface area contributed by atoms with Gasteiger partial charge in [-0.3, -0.25) is 14.4 Å². The van der Waals surface area contributed by atoms with Gasteiger partial charge >= 0.3 is 0 Å². The molecule has 1 saturated carbocycles. The molecule has 142 valence electrons. The predicted octanol–water partition coefficient (Wildman–Crippen LogP) is 0.683. The molecular weight excluding hydrogens is 346 g/mol. The van der Waals surface area contributed by atoms with E-state index >= 15 is 0 Å². The molecule has 7 nitrogen and oxygen atoms in total. The normalized spacial score (nSPS) is 13.3. The van der Waals surface area contributed by atoms with E-state index in [1.807, 2.05) is 24.3 Å². The van der Waals surface area contributed by atoms with E-state index in [1.165, 1.54) is 23.9 Å². The molecule has 1 fully saturated rings. The number of aliphatic hydroxyl groups excluding tert-OH is 1. The standard InChI is InChI=1S/C20H23N3O4/c1-21-19(26)17-10-15(18(25)22-16-5-6-16)12-23(20(17)27)11-14-4-2-3-13(9-14)7-8-24/h2-4,9-10,12,16,24H,5-8,11H2,1H3,(H,21,26)(H,22,25). The number of aromatic nitrogens is 1. The number of pyridine rings is 1. The van der Waals surface area contributed by atoms with Gasteiger partial charge < -0.3 is 20.3 Å². The molecule has 3 rings (SSSR count). The molecule has 0 bridgehead atoms. The highest BCUT2D eigenvalue weighted by Crippen LogP contribution is 2.19. The Morgan fingerprint density at radius 1 is 1.19 bits per heavy atom. The number of nitrogens with one attached hydrogen (secondary N) is 2. The Bertz CT molecular complexity index is 916. The average molecular weight is 369 g/mol. The summed E-state index contributed by atoms with van der Waals surface area (Å²) in [5, 5.41) is 14.4. The van der Waals surface area contributed by atoms with E-state index in [0.29, 0.717) is 6.42 Å². The van der Waals surface area contributed by atoms with Gasteiger partial charge in [0.25, 0.3) is 17.4 Å². The van der Waals surface area contributed by atoms with Crippen LogP contribution in [-0.4, -0.2) is 41.2 Å². The van der Waals surface area contributed by atoms with Crippen molar-refractivity contribution >= 4 is 11.8 Å². The molecule has 1 aromatic carbocycles. The lowest BCUT2D eigenvalue weighted by Crippen LogP contribution is -2.34. The maximum Gasteiger partial charge on any atom is 0.263 e. The van der Waals surface area contributed by atoms with Crippen LogP contribution in [0.25, 0.3) is 0 Å². The van der Waals surface area contributed by atoms with Crippen molar-refractivity contribution in [3.05, 3.63) is 69.1 Å². The van der Waals surface area contributed by atoms with Gasteiger partial charge in [0.1, 0.15) is 5.56 Å². The van der Waals surface area contributed by atoms with Crippen molar-refractivity contribution in [1.29, 1.82) is 0 Å². The zero-order chi connectivity index (χ0) is 19.4. The van der Waals surface area contributed by atoms with E-state index in [0.717, 1.165) is 24.0 Å². The topological polar surface area (TPSA) is 100 Å². The number of carbonyl (C=O) groups is 2. The average Bonchev–Trinajstić information content (AvgIpc) is 3.47. The lowest BCUT2D eigenvalue weighted by Gasteiger charge is -2.12. The maximum absolute atomic E-state index is 12.7. The zero-order valence-electron chi connectivity index (χ0n) is 15.2. The first-order chi connectivity index (χ1) is 13.0. The fourth-order valence-electron chi connectivity index (χ4n) is 2.88. The van der Waals surface area contributed by atoms with Crippen LogP contribution in [0.5, 0.6) is 0 Å². The maximum atomic E-state index is 12.7. The van der Waals surface area contributed by atoms with Gasteiger partial charge in [0.05, 0.1) is 12.1 Å². The van der Waals surface area contributed by atoms with E-state index in [-0.39, 0.29) is 36.2 Å². The number of benzene rings is 1. The number of hydrogen-bond donors (Lipinski definition) is 3. The van der Waals surface area contributed by atoms with Gasteiger partial charge in [0.15, 0.2) is 0 Å².